The van der Waals surface area contributed by atoms with E-state index in [0.717, 1.165) is 16.9 Å². The summed E-state index contributed by atoms with van der Waals surface area (Å²) >= 11 is 12.1. The molecule has 31 heavy (non-hydrogen) atoms. The van der Waals surface area contributed by atoms with Gasteiger partial charge in [0, 0.05) is 21.8 Å². The van der Waals surface area contributed by atoms with Gasteiger partial charge in [-0.2, -0.15) is 5.10 Å². The van der Waals surface area contributed by atoms with Gasteiger partial charge in [0.25, 0.3) is 0 Å². The van der Waals surface area contributed by atoms with Gasteiger partial charge in [0.15, 0.2) is 0 Å². The number of aromatic nitrogens is 3. The molecule has 2 heterocycles. The third kappa shape index (κ3) is 4.94. The number of amides is 1. The van der Waals surface area contributed by atoms with Crippen LogP contribution < -0.4 is 11.1 Å². The average Bonchev–Trinajstić information content (AvgIpc) is 3.23. The van der Waals surface area contributed by atoms with E-state index in [9.17, 15) is 4.79 Å². The van der Waals surface area contributed by atoms with Gasteiger partial charge < -0.3 is 11.1 Å². The fourth-order valence-electron chi connectivity index (χ4n) is 3.10. The normalized spacial score (nSPS) is 11.8. The molecule has 4 rings (SSSR count). The third-order valence-corrected chi connectivity index (χ3v) is 5.21. The van der Waals surface area contributed by atoms with Gasteiger partial charge in [-0.3, -0.25) is 9.78 Å². The Bertz CT molecular complexity index is 1110. The van der Waals surface area contributed by atoms with Gasteiger partial charge in [0.1, 0.15) is 6.04 Å². The molecule has 0 aliphatic carbocycles. The first-order valence-corrected chi connectivity index (χ1v) is 10.3. The van der Waals surface area contributed by atoms with E-state index >= 15 is 0 Å². The van der Waals surface area contributed by atoms with Crippen LogP contribution in [0.1, 0.15) is 17.4 Å². The number of halogens is 2. The van der Waals surface area contributed by atoms with Crippen LogP contribution in [0.15, 0.2) is 79.0 Å². The van der Waals surface area contributed by atoms with Gasteiger partial charge in [-0.1, -0.05) is 41.4 Å². The van der Waals surface area contributed by atoms with Crippen LogP contribution in [0.4, 0.5) is 0 Å². The zero-order chi connectivity index (χ0) is 21.8. The second-order valence-corrected chi connectivity index (χ2v) is 7.74. The molecule has 0 saturated heterocycles. The molecule has 1 amide bonds. The van der Waals surface area contributed by atoms with E-state index in [2.05, 4.69) is 15.4 Å². The van der Waals surface area contributed by atoms with E-state index in [0.29, 0.717) is 21.4 Å². The van der Waals surface area contributed by atoms with E-state index in [1.165, 1.54) is 0 Å². The summed E-state index contributed by atoms with van der Waals surface area (Å²) in [7, 11) is 0. The standard InChI is InChI=1S/C23H19Cl2N5O/c24-16-6-4-15(5-7-16)21-13-18(29-30(21)19-10-8-17(25)9-11-19)14-28-23(31)22(26)20-3-1-2-12-27-20/h1-13,22H,14,26H2,(H,28,31). The Morgan fingerprint density at radius 2 is 1.68 bits per heavy atom. The Hall–Kier alpha value is -3.19. The van der Waals surface area contributed by atoms with Gasteiger partial charge in [-0.25, -0.2) is 4.68 Å². The molecule has 2 aromatic carbocycles. The predicted octanol–water partition coefficient (Wildman–Crippen LogP) is 4.56. The van der Waals surface area contributed by atoms with Crippen molar-refractivity contribution in [1.82, 2.24) is 20.1 Å². The van der Waals surface area contributed by atoms with Crippen LogP contribution in [0.5, 0.6) is 0 Å². The number of carbonyl (C=O) groups excluding carboxylic acids is 1. The zero-order valence-electron chi connectivity index (χ0n) is 16.4. The van der Waals surface area contributed by atoms with Gasteiger partial charge in [0.2, 0.25) is 5.91 Å². The summed E-state index contributed by atoms with van der Waals surface area (Å²) in [5, 5.41) is 8.81. The molecule has 3 N–H and O–H groups in total. The molecule has 2 aromatic heterocycles. The molecule has 0 spiro atoms. The van der Waals surface area contributed by atoms with Crippen molar-refractivity contribution >= 4 is 29.1 Å². The zero-order valence-corrected chi connectivity index (χ0v) is 17.9. The molecule has 156 valence electrons. The van der Waals surface area contributed by atoms with Crippen molar-refractivity contribution in [2.24, 2.45) is 5.73 Å². The summed E-state index contributed by atoms with van der Waals surface area (Å²) in [4.78, 5) is 16.6. The second kappa shape index (κ2) is 9.31. The van der Waals surface area contributed by atoms with Gasteiger partial charge in [-0.05, 0) is 54.6 Å². The van der Waals surface area contributed by atoms with Crippen LogP contribution in [-0.4, -0.2) is 20.7 Å². The highest BCUT2D eigenvalue weighted by molar-refractivity contribution is 6.30. The van der Waals surface area contributed by atoms with Crippen molar-refractivity contribution in [1.29, 1.82) is 0 Å². The van der Waals surface area contributed by atoms with Crippen molar-refractivity contribution in [2.45, 2.75) is 12.6 Å². The lowest BCUT2D eigenvalue weighted by Crippen LogP contribution is -2.34. The molecule has 0 aliphatic heterocycles. The molecule has 6 nitrogen and oxygen atoms in total. The maximum atomic E-state index is 12.5. The van der Waals surface area contributed by atoms with Crippen LogP contribution in [-0.2, 0) is 11.3 Å². The molecule has 0 radical (unpaired) electrons. The van der Waals surface area contributed by atoms with Crippen molar-refractivity contribution in [3.8, 4) is 16.9 Å². The number of hydrogen-bond donors (Lipinski definition) is 2. The number of nitrogens with one attached hydrogen (secondary N) is 1. The van der Waals surface area contributed by atoms with E-state index in [4.69, 9.17) is 28.9 Å². The molecule has 0 bridgehead atoms. The van der Waals surface area contributed by atoms with Crippen LogP contribution >= 0.6 is 23.2 Å². The highest BCUT2D eigenvalue weighted by Gasteiger charge is 2.18. The van der Waals surface area contributed by atoms with Gasteiger partial charge >= 0.3 is 0 Å². The van der Waals surface area contributed by atoms with E-state index in [-0.39, 0.29) is 12.5 Å². The Labute approximate surface area is 189 Å². The van der Waals surface area contributed by atoms with Crippen LogP contribution in [0.3, 0.4) is 0 Å². The largest absolute Gasteiger partial charge is 0.349 e. The molecule has 1 unspecified atom stereocenters. The minimum absolute atomic E-state index is 0.223. The minimum atomic E-state index is -0.852. The minimum Gasteiger partial charge on any atom is -0.349 e. The Balaban J connectivity index is 1.59. The maximum Gasteiger partial charge on any atom is 0.243 e. The van der Waals surface area contributed by atoms with E-state index in [1.54, 1.807) is 41.2 Å². The Morgan fingerprint density at radius 1 is 1.00 bits per heavy atom. The summed E-state index contributed by atoms with van der Waals surface area (Å²) in [5.74, 6) is -0.326. The quantitative estimate of drug-likeness (QED) is 0.449. The first-order chi connectivity index (χ1) is 15.0. The number of benzene rings is 2. The van der Waals surface area contributed by atoms with Gasteiger partial charge in [0.05, 0.1) is 29.3 Å². The second-order valence-electron chi connectivity index (χ2n) is 6.87. The van der Waals surface area contributed by atoms with Crippen molar-refractivity contribution in [3.05, 3.63) is 100 Å². The number of carbonyl (C=O) groups is 1. The van der Waals surface area contributed by atoms with E-state index < -0.39 is 6.04 Å². The molecule has 0 aliphatic rings. The summed E-state index contributed by atoms with van der Waals surface area (Å²) in [6.07, 6.45) is 1.61. The Kier molecular flexibility index (Phi) is 6.32. The number of nitrogens with two attached hydrogens (primary N) is 1. The van der Waals surface area contributed by atoms with E-state index in [1.807, 2.05) is 42.5 Å². The lowest BCUT2D eigenvalue weighted by atomic mass is 10.1. The summed E-state index contributed by atoms with van der Waals surface area (Å²) in [6.45, 7) is 0.223. The number of hydrogen-bond acceptors (Lipinski definition) is 4. The first-order valence-electron chi connectivity index (χ1n) is 9.56. The third-order valence-electron chi connectivity index (χ3n) is 4.70. The highest BCUT2D eigenvalue weighted by Crippen LogP contribution is 2.26. The topological polar surface area (TPSA) is 85.8 Å². The molecular formula is C23H19Cl2N5O. The van der Waals surface area contributed by atoms with Crippen molar-refractivity contribution < 1.29 is 4.79 Å². The summed E-state index contributed by atoms with van der Waals surface area (Å²) < 4.78 is 1.81. The fourth-order valence-corrected chi connectivity index (χ4v) is 3.36. The maximum absolute atomic E-state index is 12.5. The van der Waals surface area contributed by atoms with Crippen LogP contribution in [0.25, 0.3) is 16.9 Å². The summed E-state index contributed by atoms with van der Waals surface area (Å²) in [5.41, 5.74) is 9.86. The fraction of sp³-hybridized carbons (Fsp3) is 0.0870. The number of rotatable bonds is 6. The molecule has 1 atom stereocenters. The lowest BCUT2D eigenvalue weighted by molar-refractivity contribution is -0.122. The smallest absolute Gasteiger partial charge is 0.243 e. The molecule has 8 heteroatoms. The summed E-state index contributed by atoms with van der Waals surface area (Å²) in [6, 6.07) is 21.2. The number of pyridine rings is 1. The molecule has 0 saturated carbocycles. The molecular weight excluding hydrogens is 433 g/mol. The van der Waals surface area contributed by atoms with Crippen LogP contribution in [0, 0.1) is 0 Å². The monoisotopic (exact) mass is 451 g/mol. The van der Waals surface area contributed by atoms with Gasteiger partial charge in [-0.15, -0.1) is 0 Å². The van der Waals surface area contributed by atoms with Crippen molar-refractivity contribution in [2.75, 3.05) is 0 Å². The lowest BCUT2D eigenvalue weighted by Gasteiger charge is -2.10. The average molecular weight is 452 g/mol. The molecule has 4 aromatic rings. The number of nitrogens with zero attached hydrogens (tertiary/aromatic N) is 3. The highest BCUT2D eigenvalue weighted by atomic mass is 35.5. The predicted molar refractivity (Wildman–Crippen MR) is 122 cm³/mol. The SMILES string of the molecule is NC(C(=O)NCc1cc(-c2ccc(Cl)cc2)n(-c2ccc(Cl)cc2)n1)c1ccccn1. The van der Waals surface area contributed by atoms with Crippen LogP contribution in [0.2, 0.25) is 10.0 Å². The molecule has 0 fully saturated rings. The Morgan fingerprint density at radius 3 is 2.32 bits per heavy atom. The first kappa shape index (κ1) is 21.1. The van der Waals surface area contributed by atoms with Crippen molar-refractivity contribution in [3.63, 3.8) is 0 Å².